The van der Waals surface area contributed by atoms with E-state index in [1.165, 1.54) is 0 Å². The maximum Gasteiger partial charge on any atom is 0.385 e. The number of halogens is 3. The standard InChI is InChI=1S/C7H5Br2FN2O3/c8-3-5(11)4(9)7(12-6(3)10)15-1-2(13)14/h1H2,(H2,11,12)(H,13,14). The third-order valence-corrected chi connectivity index (χ3v) is 2.99. The van der Waals surface area contributed by atoms with Crippen LogP contribution in [0.3, 0.4) is 0 Å². The summed E-state index contributed by atoms with van der Waals surface area (Å²) in [5.74, 6) is -2.29. The number of aliphatic carboxylic acids is 1. The molecule has 15 heavy (non-hydrogen) atoms. The zero-order valence-corrected chi connectivity index (χ0v) is 10.3. The minimum absolute atomic E-state index is 0.0372. The summed E-state index contributed by atoms with van der Waals surface area (Å²) in [5, 5.41) is 10.1. The van der Waals surface area contributed by atoms with Crippen molar-refractivity contribution in [2.45, 2.75) is 0 Å². The van der Waals surface area contributed by atoms with Crippen LogP contribution in [0.2, 0.25) is 0 Å². The van der Waals surface area contributed by atoms with Gasteiger partial charge in [-0.15, -0.1) is 9.37 Å². The van der Waals surface area contributed by atoms with Gasteiger partial charge < -0.3 is 20.4 Å². The summed E-state index contributed by atoms with van der Waals surface area (Å²) in [4.78, 5) is 12.3. The van der Waals surface area contributed by atoms with Crippen molar-refractivity contribution in [1.29, 1.82) is 0 Å². The third kappa shape index (κ3) is 2.78. The predicted octanol–water partition coefficient (Wildman–Crippen LogP) is -0.124. The van der Waals surface area contributed by atoms with Crippen molar-refractivity contribution in [3.05, 3.63) is 14.9 Å². The molecule has 1 aromatic rings. The van der Waals surface area contributed by atoms with E-state index < -0.39 is 18.5 Å². The Hall–Kier alpha value is -0.890. The van der Waals surface area contributed by atoms with Crippen LogP contribution in [0, 0.1) is 5.95 Å². The Morgan fingerprint density at radius 2 is 2.13 bits per heavy atom. The Morgan fingerprint density at radius 3 is 2.67 bits per heavy atom. The normalized spacial score (nSPS) is 10.1. The van der Waals surface area contributed by atoms with Gasteiger partial charge in [0.05, 0.1) is 11.7 Å². The second-order valence-electron chi connectivity index (χ2n) is 2.47. The molecule has 0 aliphatic heterocycles. The van der Waals surface area contributed by atoms with Gasteiger partial charge in [0.1, 0.15) is 11.1 Å². The maximum absolute atomic E-state index is 13.1. The van der Waals surface area contributed by atoms with Gasteiger partial charge >= 0.3 is 11.8 Å². The lowest BCUT2D eigenvalue weighted by Gasteiger charge is -2.05. The quantitative estimate of drug-likeness (QED) is 0.774. The highest BCUT2D eigenvalue weighted by Gasteiger charge is 2.22. The lowest BCUT2D eigenvalue weighted by molar-refractivity contribution is -0.437. The van der Waals surface area contributed by atoms with E-state index >= 15 is 0 Å². The Morgan fingerprint density at radius 1 is 1.53 bits per heavy atom. The first-order valence-corrected chi connectivity index (χ1v) is 5.20. The number of nitrogen functional groups attached to an aromatic ring is 1. The van der Waals surface area contributed by atoms with Crippen LogP contribution in [0.1, 0.15) is 0 Å². The molecule has 0 aromatic carbocycles. The topological polar surface area (TPSA) is 89.5 Å². The Balaban J connectivity index is 3.04. The van der Waals surface area contributed by atoms with Crippen LogP contribution in [0.15, 0.2) is 8.95 Å². The maximum atomic E-state index is 13.1. The van der Waals surface area contributed by atoms with Crippen LogP contribution in [-0.2, 0) is 4.79 Å². The number of aromatic amines is 1. The van der Waals surface area contributed by atoms with Crippen LogP contribution >= 0.6 is 31.9 Å². The summed E-state index contributed by atoms with van der Waals surface area (Å²) in [6, 6.07) is 0. The van der Waals surface area contributed by atoms with E-state index in [0.29, 0.717) is 0 Å². The van der Waals surface area contributed by atoms with Gasteiger partial charge in [0.2, 0.25) is 0 Å². The molecule has 0 amide bonds. The second kappa shape index (κ2) is 4.75. The molecule has 0 atom stereocenters. The highest BCUT2D eigenvalue weighted by Crippen LogP contribution is 2.33. The molecule has 1 aromatic heterocycles. The fraction of sp³-hybridized carbons (Fsp3) is 0.143. The molecule has 0 aliphatic carbocycles. The zero-order valence-electron chi connectivity index (χ0n) is 7.14. The van der Waals surface area contributed by atoms with Crippen LogP contribution in [0.5, 0.6) is 5.88 Å². The molecule has 0 saturated heterocycles. The average molecular weight is 344 g/mol. The number of anilines is 1. The zero-order chi connectivity index (χ0) is 11.6. The fourth-order valence-electron chi connectivity index (χ4n) is 0.777. The number of carbonyl (C=O) groups is 1. The molecule has 0 aliphatic rings. The van der Waals surface area contributed by atoms with Gasteiger partial charge in [-0.05, 0) is 31.9 Å². The molecule has 0 bridgehead atoms. The van der Waals surface area contributed by atoms with E-state index in [2.05, 4.69) is 36.8 Å². The van der Waals surface area contributed by atoms with Gasteiger partial charge in [0.15, 0.2) is 4.47 Å². The van der Waals surface area contributed by atoms with Crippen LogP contribution in [0.4, 0.5) is 10.1 Å². The van der Waals surface area contributed by atoms with Crippen molar-refractivity contribution in [1.82, 2.24) is 0 Å². The molecular weight excluding hydrogens is 339 g/mol. The minimum atomic E-state index is -1.42. The van der Waals surface area contributed by atoms with E-state index in [4.69, 9.17) is 10.5 Å². The monoisotopic (exact) mass is 342 g/mol. The number of pyridine rings is 1. The Bertz CT molecular complexity index is 414. The number of carboxylic acids is 1. The molecule has 8 heteroatoms. The third-order valence-electron chi connectivity index (χ3n) is 1.42. The Kier molecular flexibility index (Phi) is 3.86. The van der Waals surface area contributed by atoms with Gasteiger partial charge in [-0.2, -0.15) is 0 Å². The van der Waals surface area contributed by atoms with Gasteiger partial charge in [-0.25, -0.2) is 0 Å². The van der Waals surface area contributed by atoms with Crippen molar-refractivity contribution >= 4 is 43.5 Å². The second-order valence-corrected chi connectivity index (χ2v) is 4.06. The predicted molar refractivity (Wildman–Crippen MR) is 53.3 cm³/mol. The Labute approximate surface area is 101 Å². The summed E-state index contributed by atoms with van der Waals surface area (Å²) < 4.78 is 18.1. The minimum Gasteiger partial charge on any atom is -0.546 e. The largest absolute Gasteiger partial charge is 0.546 e. The first-order chi connectivity index (χ1) is 6.93. The lowest BCUT2D eigenvalue weighted by atomic mass is 10.4. The highest BCUT2D eigenvalue weighted by molar-refractivity contribution is 9.11. The molecule has 0 saturated carbocycles. The van der Waals surface area contributed by atoms with E-state index in [1.807, 2.05) is 0 Å². The van der Waals surface area contributed by atoms with Crippen molar-refractivity contribution in [2.75, 3.05) is 12.3 Å². The summed E-state index contributed by atoms with van der Waals surface area (Å²) in [6.45, 7) is -0.699. The summed E-state index contributed by atoms with van der Waals surface area (Å²) >= 11 is 5.92. The molecule has 0 radical (unpaired) electrons. The molecule has 0 spiro atoms. The smallest absolute Gasteiger partial charge is 0.385 e. The SMILES string of the molecule is Nc1c(Br)c(F)[nH+]c(OCC(=O)[O-])c1Br. The number of ether oxygens (including phenoxy) is 1. The highest BCUT2D eigenvalue weighted by atomic mass is 79.9. The van der Waals surface area contributed by atoms with E-state index in [1.54, 1.807) is 0 Å². The number of carboxylic acid groups (broad SMARTS) is 1. The number of hydrogen-bond donors (Lipinski definition) is 1. The van der Waals surface area contributed by atoms with Gasteiger partial charge in [-0.1, -0.05) is 0 Å². The summed E-state index contributed by atoms with van der Waals surface area (Å²) in [6.07, 6.45) is 0. The number of rotatable bonds is 3. The fourth-order valence-corrected chi connectivity index (χ4v) is 1.75. The van der Waals surface area contributed by atoms with Crippen molar-refractivity contribution in [2.24, 2.45) is 0 Å². The summed E-state index contributed by atoms with van der Waals surface area (Å²) in [5.41, 5.74) is 5.56. The molecule has 1 rings (SSSR count). The van der Waals surface area contributed by atoms with Crippen molar-refractivity contribution < 1.29 is 24.0 Å². The van der Waals surface area contributed by atoms with Crippen molar-refractivity contribution in [3.63, 3.8) is 0 Å². The molecule has 82 valence electrons. The molecule has 3 N–H and O–H groups in total. The van der Waals surface area contributed by atoms with Crippen LogP contribution in [0.25, 0.3) is 0 Å². The first kappa shape index (κ1) is 12.2. The lowest BCUT2D eigenvalue weighted by Crippen LogP contribution is -2.31. The summed E-state index contributed by atoms with van der Waals surface area (Å²) in [7, 11) is 0. The molecule has 5 nitrogen and oxygen atoms in total. The molecular formula is C7H5Br2FN2O3. The number of nitrogens with one attached hydrogen (secondary N) is 1. The number of hydrogen-bond acceptors (Lipinski definition) is 4. The van der Waals surface area contributed by atoms with Gasteiger partial charge in [0.25, 0.3) is 0 Å². The van der Waals surface area contributed by atoms with E-state index in [0.717, 1.165) is 0 Å². The van der Waals surface area contributed by atoms with E-state index in [9.17, 15) is 14.3 Å². The van der Waals surface area contributed by atoms with Crippen LogP contribution in [-0.4, -0.2) is 12.6 Å². The first-order valence-electron chi connectivity index (χ1n) is 3.61. The van der Waals surface area contributed by atoms with Crippen molar-refractivity contribution in [3.8, 4) is 5.88 Å². The molecule has 1 heterocycles. The van der Waals surface area contributed by atoms with E-state index in [-0.39, 0.29) is 20.5 Å². The number of H-pyrrole nitrogens is 1. The average Bonchev–Trinajstić information content (AvgIpc) is 2.18. The molecule has 0 unspecified atom stereocenters. The van der Waals surface area contributed by atoms with Crippen LogP contribution < -0.4 is 20.6 Å². The number of aromatic nitrogens is 1. The number of nitrogens with two attached hydrogens (primary N) is 1. The number of carbonyl (C=O) groups excluding carboxylic acids is 1. The molecule has 0 fully saturated rings. The van der Waals surface area contributed by atoms with Gasteiger partial charge in [0, 0.05) is 0 Å². The van der Waals surface area contributed by atoms with Gasteiger partial charge in [-0.3, -0.25) is 0 Å².